The van der Waals surface area contributed by atoms with Gasteiger partial charge in [-0.05, 0) is 37.0 Å². The van der Waals surface area contributed by atoms with Gasteiger partial charge in [-0.15, -0.1) is 0 Å². The minimum absolute atomic E-state index is 0.0452. The Morgan fingerprint density at radius 1 is 1.26 bits per heavy atom. The topological polar surface area (TPSA) is 98.7 Å². The van der Waals surface area contributed by atoms with Crippen molar-refractivity contribution in [3.05, 3.63) is 23.8 Å². The number of hydrogen-bond acceptors (Lipinski definition) is 4. The normalized spacial score (nSPS) is 13.2. The van der Waals surface area contributed by atoms with Crippen molar-refractivity contribution in [3.8, 4) is 0 Å². The van der Waals surface area contributed by atoms with Crippen LogP contribution in [0.1, 0.15) is 25.3 Å². The lowest BCUT2D eigenvalue weighted by molar-refractivity contribution is -0.136. The smallest absolute Gasteiger partial charge is 0.313 e. The Morgan fingerprint density at radius 2 is 2.04 bits per heavy atom. The molecule has 0 unspecified atom stereocenters. The van der Waals surface area contributed by atoms with Gasteiger partial charge in [0.15, 0.2) is 0 Å². The number of carbonyl (C=O) groups excluding carboxylic acids is 3. The first-order chi connectivity index (χ1) is 11.0. The van der Waals surface area contributed by atoms with Crippen molar-refractivity contribution in [1.82, 2.24) is 5.32 Å². The van der Waals surface area contributed by atoms with E-state index >= 15 is 0 Å². The highest BCUT2D eigenvalue weighted by Crippen LogP contribution is 2.30. The predicted octanol–water partition coefficient (Wildman–Crippen LogP) is 0.423. The van der Waals surface area contributed by atoms with E-state index in [4.69, 9.17) is 5.11 Å². The van der Waals surface area contributed by atoms with Gasteiger partial charge >= 0.3 is 11.8 Å². The zero-order valence-corrected chi connectivity index (χ0v) is 13.1. The van der Waals surface area contributed by atoms with Crippen molar-refractivity contribution in [2.75, 3.05) is 29.9 Å². The van der Waals surface area contributed by atoms with Crippen LogP contribution >= 0.6 is 0 Å². The number of aliphatic hydroxyl groups is 1. The Balaban J connectivity index is 2.06. The zero-order valence-electron chi connectivity index (χ0n) is 13.1. The molecular weight excluding hydrogens is 298 g/mol. The van der Waals surface area contributed by atoms with E-state index in [2.05, 4.69) is 10.6 Å². The molecule has 1 aromatic rings. The first kappa shape index (κ1) is 17.0. The molecule has 7 nitrogen and oxygen atoms in total. The summed E-state index contributed by atoms with van der Waals surface area (Å²) < 4.78 is 0. The fourth-order valence-corrected chi connectivity index (χ4v) is 2.53. The summed E-state index contributed by atoms with van der Waals surface area (Å²) in [6, 6.07) is 5.31. The number of aliphatic hydroxyl groups excluding tert-OH is 1. The van der Waals surface area contributed by atoms with E-state index in [-0.39, 0.29) is 19.1 Å². The van der Waals surface area contributed by atoms with Crippen LogP contribution in [0.4, 0.5) is 11.4 Å². The zero-order chi connectivity index (χ0) is 16.8. The molecule has 0 saturated heterocycles. The first-order valence-corrected chi connectivity index (χ1v) is 7.64. The summed E-state index contributed by atoms with van der Waals surface area (Å²) in [5.41, 5.74) is 2.30. The Bertz CT molecular complexity index is 615. The molecule has 0 atom stereocenters. The molecule has 0 aliphatic carbocycles. The average Bonchev–Trinajstić information content (AvgIpc) is 2.54. The third-order valence-electron chi connectivity index (χ3n) is 3.67. The van der Waals surface area contributed by atoms with E-state index in [0.717, 1.165) is 24.1 Å². The van der Waals surface area contributed by atoms with Gasteiger partial charge in [0.2, 0.25) is 5.91 Å². The molecule has 3 amide bonds. The van der Waals surface area contributed by atoms with Crippen molar-refractivity contribution in [2.45, 2.75) is 26.2 Å². The van der Waals surface area contributed by atoms with Crippen molar-refractivity contribution >= 4 is 29.1 Å². The van der Waals surface area contributed by atoms with Crippen molar-refractivity contribution in [1.29, 1.82) is 0 Å². The van der Waals surface area contributed by atoms with Crippen LogP contribution in [-0.4, -0.2) is 42.5 Å². The van der Waals surface area contributed by atoms with E-state index in [9.17, 15) is 14.4 Å². The monoisotopic (exact) mass is 319 g/mol. The fourth-order valence-electron chi connectivity index (χ4n) is 2.53. The maximum atomic E-state index is 11.8. The Morgan fingerprint density at radius 3 is 2.74 bits per heavy atom. The van der Waals surface area contributed by atoms with Crippen LogP contribution in [0.25, 0.3) is 0 Å². The van der Waals surface area contributed by atoms with Crippen LogP contribution in [-0.2, 0) is 20.8 Å². The molecule has 0 spiro atoms. The molecule has 1 aromatic carbocycles. The van der Waals surface area contributed by atoms with Crippen molar-refractivity contribution in [3.63, 3.8) is 0 Å². The average molecular weight is 319 g/mol. The van der Waals surface area contributed by atoms with Crippen LogP contribution in [0.3, 0.4) is 0 Å². The van der Waals surface area contributed by atoms with Crippen molar-refractivity contribution in [2.24, 2.45) is 0 Å². The standard InChI is InChI=1S/C16H21N3O4/c1-11(21)19-8-2-4-12-5-6-13(10-14(12)19)18-16(23)15(22)17-7-3-9-20/h5-6,10,20H,2-4,7-9H2,1H3,(H,17,22)(H,18,23). The molecule has 0 bridgehead atoms. The Kier molecular flexibility index (Phi) is 5.70. The Hall–Kier alpha value is -2.41. The van der Waals surface area contributed by atoms with Crippen LogP contribution < -0.4 is 15.5 Å². The van der Waals surface area contributed by atoms with Gasteiger partial charge < -0.3 is 20.6 Å². The van der Waals surface area contributed by atoms with E-state index in [1.165, 1.54) is 6.92 Å². The predicted molar refractivity (Wildman–Crippen MR) is 86.1 cm³/mol. The molecule has 0 fully saturated rings. The second-order valence-electron chi connectivity index (χ2n) is 5.40. The van der Waals surface area contributed by atoms with E-state index in [0.29, 0.717) is 18.7 Å². The van der Waals surface area contributed by atoms with Crippen LogP contribution in [0.5, 0.6) is 0 Å². The maximum absolute atomic E-state index is 11.8. The van der Waals surface area contributed by atoms with Gasteiger partial charge in [0.25, 0.3) is 0 Å². The number of aryl methyl sites for hydroxylation is 1. The number of nitrogens with one attached hydrogen (secondary N) is 2. The molecule has 1 heterocycles. The number of fused-ring (bicyclic) bond motifs is 1. The molecule has 3 N–H and O–H groups in total. The molecule has 1 aliphatic heterocycles. The SMILES string of the molecule is CC(=O)N1CCCc2ccc(NC(=O)C(=O)NCCCO)cc21. The number of carbonyl (C=O) groups is 3. The molecule has 0 aromatic heterocycles. The third-order valence-corrected chi connectivity index (χ3v) is 3.67. The first-order valence-electron chi connectivity index (χ1n) is 7.64. The number of nitrogens with zero attached hydrogens (tertiary/aromatic N) is 1. The molecule has 7 heteroatoms. The van der Waals surface area contributed by atoms with Crippen molar-refractivity contribution < 1.29 is 19.5 Å². The second-order valence-corrected chi connectivity index (χ2v) is 5.40. The summed E-state index contributed by atoms with van der Waals surface area (Å²) in [5, 5.41) is 13.6. The van der Waals surface area contributed by atoms with Gasteiger partial charge in [-0.2, -0.15) is 0 Å². The minimum Gasteiger partial charge on any atom is -0.396 e. The number of anilines is 2. The number of benzene rings is 1. The molecule has 0 radical (unpaired) electrons. The van der Waals surface area contributed by atoms with Crippen LogP contribution in [0.2, 0.25) is 0 Å². The summed E-state index contributed by atoms with van der Waals surface area (Å²) in [6.07, 6.45) is 2.19. The van der Waals surface area contributed by atoms with Gasteiger partial charge in [0.1, 0.15) is 0 Å². The van der Waals surface area contributed by atoms with Crippen LogP contribution in [0.15, 0.2) is 18.2 Å². The number of rotatable bonds is 4. The van der Waals surface area contributed by atoms with Gasteiger partial charge in [0, 0.05) is 38.0 Å². The van der Waals surface area contributed by atoms with Gasteiger partial charge in [-0.3, -0.25) is 14.4 Å². The van der Waals surface area contributed by atoms with E-state index in [1.807, 2.05) is 6.07 Å². The lowest BCUT2D eigenvalue weighted by atomic mass is 10.0. The van der Waals surface area contributed by atoms with E-state index < -0.39 is 11.8 Å². The summed E-state index contributed by atoms with van der Waals surface area (Å²) in [5.74, 6) is -1.57. The highest BCUT2D eigenvalue weighted by Gasteiger charge is 2.21. The fraction of sp³-hybridized carbons (Fsp3) is 0.438. The highest BCUT2D eigenvalue weighted by atomic mass is 16.3. The summed E-state index contributed by atoms with van der Waals surface area (Å²) in [6.45, 7) is 2.36. The minimum atomic E-state index is -0.770. The van der Waals surface area contributed by atoms with Gasteiger partial charge in [-0.25, -0.2) is 0 Å². The lowest BCUT2D eigenvalue weighted by Gasteiger charge is -2.29. The Labute approximate surface area is 134 Å². The second kappa shape index (κ2) is 7.73. The highest BCUT2D eigenvalue weighted by molar-refractivity contribution is 6.39. The molecular formula is C16H21N3O4. The number of amides is 3. The molecule has 2 rings (SSSR count). The molecule has 23 heavy (non-hydrogen) atoms. The quantitative estimate of drug-likeness (QED) is 0.553. The largest absolute Gasteiger partial charge is 0.396 e. The lowest BCUT2D eigenvalue weighted by Crippen LogP contribution is -2.36. The van der Waals surface area contributed by atoms with Crippen LogP contribution in [0, 0.1) is 0 Å². The third kappa shape index (κ3) is 4.29. The van der Waals surface area contributed by atoms with Gasteiger partial charge in [-0.1, -0.05) is 6.07 Å². The molecule has 0 saturated carbocycles. The summed E-state index contributed by atoms with van der Waals surface area (Å²) in [4.78, 5) is 36.8. The maximum Gasteiger partial charge on any atom is 0.313 e. The number of hydrogen-bond donors (Lipinski definition) is 3. The van der Waals surface area contributed by atoms with Gasteiger partial charge in [0.05, 0.1) is 0 Å². The summed E-state index contributed by atoms with van der Waals surface area (Å²) in [7, 11) is 0. The molecule has 124 valence electrons. The summed E-state index contributed by atoms with van der Waals surface area (Å²) >= 11 is 0. The van der Waals surface area contributed by atoms with E-state index in [1.54, 1.807) is 17.0 Å². The molecule has 1 aliphatic rings.